The number of hydrogen-bond donors (Lipinski definition) is 0. The van der Waals surface area contributed by atoms with Gasteiger partial charge in [-0.3, -0.25) is 0 Å². The number of anilines is 1. The number of thiazole rings is 1. The van der Waals surface area contributed by atoms with Gasteiger partial charge < -0.3 is 4.90 Å². The summed E-state index contributed by atoms with van der Waals surface area (Å²) in [6.45, 7) is 2.10. The second kappa shape index (κ2) is 4.67. The predicted octanol–water partition coefficient (Wildman–Crippen LogP) is 4.34. The molecule has 0 saturated heterocycles. The quantitative estimate of drug-likeness (QED) is 0.687. The van der Waals surface area contributed by atoms with Crippen molar-refractivity contribution in [3.63, 3.8) is 0 Å². The molecule has 96 valence electrons. The van der Waals surface area contributed by atoms with Crippen molar-refractivity contribution in [1.82, 2.24) is 4.98 Å². The van der Waals surface area contributed by atoms with Gasteiger partial charge in [0.15, 0.2) is 0 Å². The first-order chi connectivity index (χ1) is 9.13. The normalized spacial score (nSPS) is 10.9. The molecular weight excluding hydrogens is 252 g/mol. The van der Waals surface area contributed by atoms with Crippen LogP contribution in [0, 0.1) is 6.92 Å². The molecule has 1 aromatic heterocycles. The zero-order valence-corrected chi connectivity index (χ0v) is 12.2. The van der Waals surface area contributed by atoms with Gasteiger partial charge in [0.1, 0.15) is 5.01 Å². The van der Waals surface area contributed by atoms with Crippen LogP contribution in [0.3, 0.4) is 0 Å². The van der Waals surface area contributed by atoms with E-state index in [2.05, 4.69) is 68.4 Å². The summed E-state index contributed by atoms with van der Waals surface area (Å²) in [6.07, 6.45) is 0. The van der Waals surface area contributed by atoms with Gasteiger partial charge in [-0.2, -0.15) is 0 Å². The molecule has 3 aromatic rings. The van der Waals surface area contributed by atoms with Crippen LogP contribution in [0.25, 0.3) is 20.8 Å². The highest BCUT2D eigenvalue weighted by atomic mass is 32.1. The van der Waals surface area contributed by atoms with Crippen LogP contribution in [0.2, 0.25) is 0 Å². The summed E-state index contributed by atoms with van der Waals surface area (Å²) in [5, 5.41) is 1.09. The Morgan fingerprint density at radius 2 is 1.74 bits per heavy atom. The van der Waals surface area contributed by atoms with E-state index >= 15 is 0 Å². The molecule has 0 saturated carbocycles. The molecule has 3 heteroatoms. The molecule has 19 heavy (non-hydrogen) atoms. The smallest absolute Gasteiger partial charge is 0.124 e. The fraction of sp³-hybridized carbons (Fsp3) is 0.188. The first-order valence-corrected chi connectivity index (χ1v) is 7.10. The third-order valence-electron chi connectivity index (χ3n) is 3.17. The number of aromatic nitrogens is 1. The molecule has 0 radical (unpaired) electrons. The minimum atomic E-state index is 1.09. The Labute approximate surface area is 117 Å². The fourth-order valence-electron chi connectivity index (χ4n) is 2.06. The minimum Gasteiger partial charge on any atom is -0.378 e. The lowest BCUT2D eigenvalue weighted by Crippen LogP contribution is -2.07. The molecule has 0 atom stereocenters. The molecule has 0 aliphatic carbocycles. The summed E-state index contributed by atoms with van der Waals surface area (Å²) < 4.78 is 1.25. The topological polar surface area (TPSA) is 16.1 Å². The van der Waals surface area contributed by atoms with Crippen molar-refractivity contribution in [3.8, 4) is 10.6 Å². The molecule has 0 amide bonds. The molecule has 0 fully saturated rings. The van der Waals surface area contributed by atoms with Gasteiger partial charge in [0.05, 0.1) is 10.2 Å². The lowest BCUT2D eigenvalue weighted by molar-refractivity contribution is 1.13. The van der Waals surface area contributed by atoms with E-state index < -0.39 is 0 Å². The monoisotopic (exact) mass is 268 g/mol. The maximum atomic E-state index is 4.72. The van der Waals surface area contributed by atoms with Crippen molar-refractivity contribution in [1.29, 1.82) is 0 Å². The Kier molecular flexibility index (Phi) is 2.99. The number of nitrogens with zero attached hydrogens (tertiary/aromatic N) is 2. The Morgan fingerprint density at radius 3 is 2.42 bits per heavy atom. The van der Waals surface area contributed by atoms with Gasteiger partial charge >= 0.3 is 0 Å². The van der Waals surface area contributed by atoms with Crippen molar-refractivity contribution in [2.45, 2.75) is 6.92 Å². The largest absolute Gasteiger partial charge is 0.378 e. The van der Waals surface area contributed by atoms with Gasteiger partial charge in [0.25, 0.3) is 0 Å². The summed E-state index contributed by atoms with van der Waals surface area (Å²) in [7, 11) is 4.10. The van der Waals surface area contributed by atoms with Crippen LogP contribution in [-0.2, 0) is 0 Å². The average Bonchev–Trinajstić information content (AvgIpc) is 2.81. The highest BCUT2D eigenvalue weighted by Gasteiger charge is 2.06. The fourth-order valence-corrected chi connectivity index (χ4v) is 3.01. The lowest BCUT2D eigenvalue weighted by Gasteiger charge is -2.11. The number of hydrogen-bond acceptors (Lipinski definition) is 3. The molecular formula is C16H16N2S. The summed E-state index contributed by atoms with van der Waals surface area (Å²) in [5.74, 6) is 0. The van der Waals surface area contributed by atoms with Crippen LogP contribution in [0.15, 0.2) is 42.5 Å². The number of aryl methyl sites for hydroxylation is 1. The number of rotatable bonds is 2. The van der Waals surface area contributed by atoms with Crippen molar-refractivity contribution in [3.05, 3.63) is 48.0 Å². The molecule has 0 aliphatic heterocycles. The average molecular weight is 268 g/mol. The van der Waals surface area contributed by atoms with E-state index in [4.69, 9.17) is 4.98 Å². The predicted molar refractivity (Wildman–Crippen MR) is 84.1 cm³/mol. The Hall–Kier alpha value is -1.87. The Morgan fingerprint density at radius 1 is 1.00 bits per heavy atom. The maximum absolute atomic E-state index is 4.72. The van der Waals surface area contributed by atoms with Crippen molar-refractivity contribution < 1.29 is 0 Å². The molecule has 0 spiro atoms. The molecule has 2 aromatic carbocycles. The van der Waals surface area contributed by atoms with E-state index in [1.165, 1.54) is 21.5 Å². The van der Waals surface area contributed by atoms with Crippen LogP contribution in [0.4, 0.5) is 5.69 Å². The highest BCUT2D eigenvalue weighted by Crippen LogP contribution is 2.31. The van der Waals surface area contributed by atoms with Gasteiger partial charge in [-0.1, -0.05) is 6.07 Å². The third kappa shape index (κ3) is 2.34. The first kappa shape index (κ1) is 12.2. The van der Waals surface area contributed by atoms with Gasteiger partial charge in [-0.15, -0.1) is 11.3 Å². The van der Waals surface area contributed by atoms with Crippen molar-refractivity contribution >= 4 is 27.2 Å². The molecule has 3 rings (SSSR count). The second-order valence-electron chi connectivity index (χ2n) is 4.93. The molecule has 1 heterocycles. The third-order valence-corrected chi connectivity index (χ3v) is 4.26. The number of fused-ring (bicyclic) bond motifs is 1. The van der Waals surface area contributed by atoms with E-state index in [-0.39, 0.29) is 0 Å². The molecule has 0 unspecified atom stereocenters. The van der Waals surface area contributed by atoms with Gasteiger partial charge in [0, 0.05) is 25.3 Å². The van der Waals surface area contributed by atoms with Crippen LogP contribution in [0.5, 0.6) is 0 Å². The first-order valence-electron chi connectivity index (χ1n) is 6.28. The minimum absolute atomic E-state index is 1.09. The van der Waals surface area contributed by atoms with Gasteiger partial charge in [-0.25, -0.2) is 4.98 Å². The Bertz CT molecular complexity index is 711. The van der Waals surface area contributed by atoms with Crippen LogP contribution < -0.4 is 4.90 Å². The van der Waals surface area contributed by atoms with E-state index in [9.17, 15) is 0 Å². The van der Waals surface area contributed by atoms with Crippen LogP contribution in [0.1, 0.15) is 5.56 Å². The molecule has 0 N–H and O–H groups in total. The van der Waals surface area contributed by atoms with Crippen LogP contribution >= 0.6 is 11.3 Å². The SMILES string of the molecule is Cc1ccc2sc(-c3ccc(N(C)C)cc3)nc2c1. The Balaban J connectivity index is 2.03. The van der Waals surface area contributed by atoms with Gasteiger partial charge in [-0.05, 0) is 48.9 Å². The van der Waals surface area contributed by atoms with Crippen molar-refractivity contribution in [2.24, 2.45) is 0 Å². The summed E-state index contributed by atoms with van der Waals surface area (Å²) in [5.41, 5.74) is 4.74. The summed E-state index contributed by atoms with van der Waals surface area (Å²) >= 11 is 1.75. The van der Waals surface area contributed by atoms with E-state index in [1.54, 1.807) is 11.3 Å². The summed E-state index contributed by atoms with van der Waals surface area (Å²) in [4.78, 5) is 6.83. The summed E-state index contributed by atoms with van der Waals surface area (Å²) in [6, 6.07) is 15.0. The zero-order chi connectivity index (χ0) is 13.4. The number of benzene rings is 2. The standard InChI is InChI=1S/C16H16N2S/c1-11-4-9-15-14(10-11)17-16(19-15)12-5-7-13(8-6-12)18(2)3/h4-10H,1-3H3. The molecule has 0 aliphatic rings. The molecule has 2 nitrogen and oxygen atoms in total. The zero-order valence-electron chi connectivity index (χ0n) is 11.3. The van der Waals surface area contributed by atoms with E-state index in [1.807, 2.05) is 0 Å². The van der Waals surface area contributed by atoms with Gasteiger partial charge in [0.2, 0.25) is 0 Å². The second-order valence-corrected chi connectivity index (χ2v) is 5.96. The lowest BCUT2D eigenvalue weighted by atomic mass is 10.2. The highest BCUT2D eigenvalue weighted by molar-refractivity contribution is 7.21. The van der Waals surface area contributed by atoms with E-state index in [0.29, 0.717) is 0 Å². The van der Waals surface area contributed by atoms with E-state index in [0.717, 1.165) is 10.5 Å². The molecule has 0 bridgehead atoms. The van der Waals surface area contributed by atoms with Crippen molar-refractivity contribution in [2.75, 3.05) is 19.0 Å². The maximum Gasteiger partial charge on any atom is 0.124 e. The van der Waals surface area contributed by atoms with Crippen LogP contribution in [-0.4, -0.2) is 19.1 Å².